The fraction of sp³-hybridized carbons (Fsp3) is 0.316. The number of ether oxygens (including phenoxy) is 1. The third-order valence-electron chi connectivity index (χ3n) is 3.89. The number of halogens is 4. The summed E-state index contributed by atoms with van der Waals surface area (Å²) in [6.45, 7) is 5.52. The summed E-state index contributed by atoms with van der Waals surface area (Å²) >= 11 is 7.40. The summed E-state index contributed by atoms with van der Waals surface area (Å²) in [4.78, 5) is 17.3. The number of hydrogen-bond donors (Lipinski definition) is 1. The molecule has 6 nitrogen and oxygen atoms in total. The molecular formula is C19H18ClF3N4O2S. The molecule has 1 N–H and O–H groups in total. The standard InChI is InChI=1S/C19H18ClF3N4O2S/c1-18(2,3)14-9-24-17(30-14)25-15(28)10-29-16-8-13(19(21,22)23)26-27(16)12-7-5-4-6-11(12)20/h4-9H,10H2,1-3H3,(H,24,25,28). The Morgan fingerprint density at radius 3 is 2.57 bits per heavy atom. The van der Waals surface area contributed by atoms with E-state index in [0.29, 0.717) is 5.13 Å². The Bertz CT molecular complexity index is 1060. The van der Waals surface area contributed by atoms with Gasteiger partial charge in [0.05, 0.1) is 10.7 Å². The van der Waals surface area contributed by atoms with Crippen LogP contribution in [-0.2, 0) is 16.4 Å². The van der Waals surface area contributed by atoms with Crippen molar-refractivity contribution in [3.05, 3.63) is 52.1 Å². The maximum absolute atomic E-state index is 13.1. The molecule has 1 aromatic carbocycles. The normalized spacial score (nSPS) is 12.1. The Labute approximate surface area is 179 Å². The number of carbonyl (C=O) groups is 1. The number of carbonyl (C=O) groups excluding carboxylic acids is 1. The van der Waals surface area contributed by atoms with Gasteiger partial charge >= 0.3 is 6.18 Å². The molecule has 0 atom stereocenters. The fourth-order valence-corrected chi connectivity index (χ4v) is 3.48. The smallest absolute Gasteiger partial charge is 0.435 e. The van der Waals surface area contributed by atoms with E-state index in [0.717, 1.165) is 15.6 Å². The maximum atomic E-state index is 13.1. The molecule has 11 heteroatoms. The van der Waals surface area contributed by atoms with Crippen molar-refractivity contribution < 1.29 is 22.7 Å². The first kappa shape index (κ1) is 22.1. The second kappa shape index (κ2) is 8.27. The molecule has 3 aromatic rings. The van der Waals surface area contributed by atoms with Gasteiger partial charge in [-0.05, 0) is 17.5 Å². The topological polar surface area (TPSA) is 69.0 Å². The van der Waals surface area contributed by atoms with E-state index in [9.17, 15) is 18.0 Å². The molecule has 0 saturated heterocycles. The number of nitrogens with one attached hydrogen (secondary N) is 1. The monoisotopic (exact) mass is 458 g/mol. The van der Waals surface area contributed by atoms with Crippen LogP contribution in [0.3, 0.4) is 0 Å². The van der Waals surface area contributed by atoms with Crippen LogP contribution in [0.2, 0.25) is 5.02 Å². The first-order valence-corrected chi connectivity index (χ1v) is 9.96. The number of nitrogens with zero attached hydrogens (tertiary/aromatic N) is 3. The van der Waals surface area contributed by atoms with Gasteiger partial charge in [0.15, 0.2) is 17.4 Å². The average molecular weight is 459 g/mol. The second-order valence-corrected chi connectivity index (χ2v) is 8.78. The van der Waals surface area contributed by atoms with Gasteiger partial charge in [-0.2, -0.15) is 23.0 Å². The van der Waals surface area contributed by atoms with E-state index in [2.05, 4.69) is 15.4 Å². The van der Waals surface area contributed by atoms with Gasteiger partial charge < -0.3 is 4.74 Å². The molecule has 2 aromatic heterocycles. The molecule has 0 fully saturated rings. The number of thiazole rings is 1. The van der Waals surface area contributed by atoms with Gasteiger partial charge in [0.25, 0.3) is 5.91 Å². The first-order valence-electron chi connectivity index (χ1n) is 8.76. The van der Waals surface area contributed by atoms with Crippen molar-refractivity contribution in [1.29, 1.82) is 0 Å². The Hall–Kier alpha value is -2.59. The Balaban J connectivity index is 1.77. The summed E-state index contributed by atoms with van der Waals surface area (Å²) in [5.74, 6) is -0.828. The highest BCUT2D eigenvalue weighted by Gasteiger charge is 2.36. The van der Waals surface area contributed by atoms with Crippen LogP contribution < -0.4 is 10.1 Å². The second-order valence-electron chi connectivity index (χ2n) is 7.35. The number of para-hydroxylation sites is 1. The van der Waals surface area contributed by atoms with Crippen LogP contribution in [0.5, 0.6) is 5.88 Å². The lowest BCUT2D eigenvalue weighted by Crippen LogP contribution is -2.21. The quantitative estimate of drug-likeness (QED) is 0.562. The van der Waals surface area contributed by atoms with E-state index >= 15 is 0 Å². The van der Waals surface area contributed by atoms with E-state index in [4.69, 9.17) is 16.3 Å². The summed E-state index contributed by atoms with van der Waals surface area (Å²) in [5.41, 5.74) is -1.08. The van der Waals surface area contributed by atoms with Crippen molar-refractivity contribution in [3.8, 4) is 11.6 Å². The highest BCUT2D eigenvalue weighted by atomic mass is 35.5. The first-order chi connectivity index (χ1) is 13.9. The zero-order valence-electron chi connectivity index (χ0n) is 16.2. The molecule has 0 saturated carbocycles. The fourth-order valence-electron chi connectivity index (χ4n) is 2.37. The number of amides is 1. The lowest BCUT2D eigenvalue weighted by molar-refractivity contribution is -0.141. The minimum absolute atomic E-state index is 0.118. The van der Waals surface area contributed by atoms with Gasteiger partial charge in [-0.1, -0.05) is 44.5 Å². The summed E-state index contributed by atoms with van der Waals surface area (Å²) < 4.78 is 45.6. The van der Waals surface area contributed by atoms with Crippen LogP contribution in [0.4, 0.5) is 18.3 Å². The van der Waals surface area contributed by atoms with Crippen molar-refractivity contribution in [3.63, 3.8) is 0 Å². The molecule has 0 aliphatic heterocycles. The largest absolute Gasteiger partial charge is 0.467 e. The van der Waals surface area contributed by atoms with E-state index in [1.54, 1.807) is 18.3 Å². The zero-order chi connectivity index (χ0) is 22.1. The molecule has 30 heavy (non-hydrogen) atoms. The van der Waals surface area contributed by atoms with Crippen molar-refractivity contribution in [1.82, 2.24) is 14.8 Å². The molecule has 0 spiro atoms. The summed E-state index contributed by atoms with van der Waals surface area (Å²) in [6.07, 6.45) is -3.01. The SMILES string of the molecule is CC(C)(C)c1cnc(NC(=O)COc2cc(C(F)(F)F)nn2-c2ccccc2Cl)s1. The van der Waals surface area contributed by atoms with Gasteiger partial charge in [0.1, 0.15) is 0 Å². The predicted octanol–water partition coefficient (Wildman–Crippen LogP) is 5.32. The average Bonchev–Trinajstić information content (AvgIpc) is 3.27. The van der Waals surface area contributed by atoms with Crippen molar-refractivity contribution in [2.24, 2.45) is 0 Å². The molecule has 3 rings (SSSR count). The number of benzene rings is 1. The lowest BCUT2D eigenvalue weighted by atomic mass is 9.96. The molecule has 0 aliphatic carbocycles. The van der Waals surface area contributed by atoms with Crippen LogP contribution in [0.1, 0.15) is 31.3 Å². The number of alkyl halides is 3. The van der Waals surface area contributed by atoms with Crippen molar-refractivity contribution in [2.45, 2.75) is 32.4 Å². The van der Waals surface area contributed by atoms with E-state index in [-0.39, 0.29) is 22.0 Å². The van der Waals surface area contributed by atoms with E-state index < -0.39 is 24.4 Å². The number of hydrogen-bond acceptors (Lipinski definition) is 5. The van der Waals surface area contributed by atoms with Crippen molar-refractivity contribution in [2.75, 3.05) is 11.9 Å². The van der Waals surface area contributed by atoms with Crippen LogP contribution in [0.15, 0.2) is 36.5 Å². The van der Waals surface area contributed by atoms with E-state index in [1.165, 1.54) is 23.5 Å². The molecule has 2 heterocycles. The van der Waals surface area contributed by atoms with Gasteiger partial charge in [0, 0.05) is 17.1 Å². The molecular weight excluding hydrogens is 441 g/mol. The molecule has 160 valence electrons. The van der Waals surface area contributed by atoms with Crippen LogP contribution in [0.25, 0.3) is 5.69 Å². The molecule has 0 radical (unpaired) electrons. The van der Waals surface area contributed by atoms with Gasteiger partial charge in [-0.15, -0.1) is 11.3 Å². The van der Waals surface area contributed by atoms with Gasteiger partial charge in [0.2, 0.25) is 5.88 Å². The minimum atomic E-state index is -4.68. The number of anilines is 1. The van der Waals surface area contributed by atoms with Gasteiger partial charge in [-0.3, -0.25) is 10.1 Å². The van der Waals surface area contributed by atoms with Crippen LogP contribution in [0, 0.1) is 0 Å². The molecule has 0 unspecified atom stereocenters. The third-order valence-corrected chi connectivity index (χ3v) is 5.55. The van der Waals surface area contributed by atoms with Crippen LogP contribution in [-0.4, -0.2) is 27.3 Å². The maximum Gasteiger partial charge on any atom is 0.435 e. The van der Waals surface area contributed by atoms with E-state index in [1.807, 2.05) is 20.8 Å². The van der Waals surface area contributed by atoms with Crippen molar-refractivity contribution >= 4 is 34.0 Å². The molecule has 0 aliphatic rings. The summed E-state index contributed by atoms with van der Waals surface area (Å²) in [6, 6.07) is 6.96. The Morgan fingerprint density at radius 1 is 1.27 bits per heavy atom. The van der Waals surface area contributed by atoms with Gasteiger partial charge in [-0.25, -0.2) is 4.98 Å². The molecule has 1 amide bonds. The zero-order valence-corrected chi connectivity index (χ0v) is 17.8. The third kappa shape index (κ3) is 5.11. The highest BCUT2D eigenvalue weighted by molar-refractivity contribution is 7.15. The number of aromatic nitrogens is 3. The Morgan fingerprint density at radius 2 is 1.97 bits per heavy atom. The number of rotatable bonds is 5. The Kier molecular flexibility index (Phi) is 6.09. The summed E-state index contributed by atoms with van der Waals surface area (Å²) in [7, 11) is 0. The van der Waals surface area contributed by atoms with Crippen LogP contribution >= 0.6 is 22.9 Å². The minimum Gasteiger partial charge on any atom is -0.467 e. The predicted molar refractivity (Wildman–Crippen MR) is 109 cm³/mol. The molecule has 0 bridgehead atoms. The summed E-state index contributed by atoms with van der Waals surface area (Å²) in [5, 5.41) is 6.68. The highest BCUT2D eigenvalue weighted by Crippen LogP contribution is 2.34. The lowest BCUT2D eigenvalue weighted by Gasteiger charge is -2.14.